The lowest BCUT2D eigenvalue weighted by Crippen LogP contribution is -2.37. The number of methoxy groups -OCH3 is 1. The monoisotopic (exact) mass is 406 g/mol. The molecule has 2 aliphatic rings. The number of carbonyl (C=O) groups excluding carboxylic acids is 1. The maximum atomic E-state index is 12.6. The number of hydrogen-bond donors (Lipinski definition) is 1. The van der Waals surface area contributed by atoms with Gasteiger partial charge in [0.2, 0.25) is 0 Å². The molecule has 7 heteroatoms. The molecule has 148 valence electrons. The Morgan fingerprint density at radius 2 is 1.93 bits per heavy atom. The number of ether oxygens (including phenoxy) is 1. The Kier molecular flexibility index (Phi) is 4.70. The molecule has 1 aromatic heterocycles. The van der Waals surface area contributed by atoms with E-state index in [1.54, 1.807) is 18.1 Å². The zero-order chi connectivity index (χ0) is 20.9. The van der Waals surface area contributed by atoms with E-state index in [9.17, 15) is 4.79 Å². The van der Waals surface area contributed by atoms with E-state index in [0.29, 0.717) is 10.7 Å². The number of nitrogens with one attached hydrogen (secondary N) is 1. The molecule has 2 aromatic rings. The predicted octanol–water partition coefficient (Wildman–Crippen LogP) is 4.58. The van der Waals surface area contributed by atoms with Crippen molar-refractivity contribution in [3.8, 4) is 11.4 Å². The minimum absolute atomic E-state index is 0.164. The van der Waals surface area contributed by atoms with E-state index in [-0.39, 0.29) is 11.7 Å². The molecule has 1 amide bonds. The van der Waals surface area contributed by atoms with Gasteiger partial charge in [0.25, 0.3) is 5.91 Å². The molecule has 1 N–H and O–H groups in total. The quantitative estimate of drug-likeness (QED) is 0.758. The van der Waals surface area contributed by atoms with Crippen LogP contribution < -0.4 is 4.74 Å². The van der Waals surface area contributed by atoms with Gasteiger partial charge in [-0.15, -0.1) is 0 Å². The van der Waals surface area contributed by atoms with Gasteiger partial charge >= 0.3 is 0 Å². The first-order valence-electron chi connectivity index (χ1n) is 9.23. The van der Waals surface area contributed by atoms with Crippen LogP contribution in [-0.2, 0) is 4.79 Å². The van der Waals surface area contributed by atoms with E-state index in [0.717, 1.165) is 39.6 Å². The largest absolute Gasteiger partial charge is 0.495 e. The summed E-state index contributed by atoms with van der Waals surface area (Å²) in [4.78, 5) is 18.5. The van der Waals surface area contributed by atoms with E-state index in [1.807, 2.05) is 51.3 Å². The molecule has 0 atom stereocenters. The molecule has 1 aromatic carbocycles. The average molecular weight is 407 g/mol. The van der Waals surface area contributed by atoms with Crippen LogP contribution in [0, 0.1) is 26.2 Å². The lowest BCUT2D eigenvalue weighted by molar-refractivity contribution is -0.114. The van der Waals surface area contributed by atoms with Crippen molar-refractivity contribution in [2.24, 2.45) is 4.99 Å². The molecule has 3 heterocycles. The van der Waals surface area contributed by atoms with Gasteiger partial charge < -0.3 is 9.30 Å². The number of aryl methyl sites for hydroxylation is 2. The molecular formula is C22H22N4O2S. The summed E-state index contributed by atoms with van der Waals surface area (Å²) in [6.45, 7) is 7.98. The molecule has 4 rings (SSSR count). The third-order valence-electron chi connectivity index (χ3n) is 5.13. The number of rotatable bonds is 3. The van der Waals surface area contributed by atoms with Crippen molar-refractivity contribution in [3.05, 3.63) is 63.5 Å². The predicted molar refractivity (Wildman–Crippen MR) is 118 cm³/mol. The molecule has 6 nitrogen and oxygen atoms in total. The third kappa shape index (κ3) is 3.11. The van der Waals surface area contributed by atoms with Crippen molar-refractivity contribution < 1.29 is 9.53 Å². The van der Waals surface area contributed by atoms with Crippen molar-refractivity contribution in [2.75, 3.05) is 7.11 Å². The van der Waals surface area contributed by atoms with Crippen molar-refractivity contribution in [1.29, 1.82) is 5.41 Å². The fourth-order valence-electron chi connectivity index (χ4n) is 3.68. The molecule has 0 saturated heterocycles. The topological polar surface area (TPSA) is 70.7 Å². The fourth-order valence-corrected chi connectivity index (χ4v) is 4.53. The Hall–Kier alpha value is -3.06. The highest BCUT2D eigenvalue weighted by Gasteiger charge is 2.34. The number of aromatic nitrogens is 1. The average Bonchev–Trinajstić information content (AvgIpc) is 3.17. The van der Waals surface area contributed by atoms with Crippen molar-refractivity contribution in [2.45, 2.75) is 27.7 Å². The number of allylic oxidation sites excluding steroid dienone is 1. The lowest BCUT2D eigenvalue weighted by atomic mass is 10.1. The molecule has 0 aliphatic carbocycles. The van der Waals surface area contributed by atoms with Gasteiger partial charge in [-0.25, -0.2) is 0 Å². The summed E-state index contributed by atoms with van der Waals surface area (Å²) in [5.41, 5.74) is 6.14. The Morgan fingerprint density at radius 3 is 2.66 bits per heavy atom. The summed E-state index contributed by atoms with van der Waals surface area (Å²) in [5, 5.41) is 11.0. The van der Waals surface area contributed by atoms with Crippen LogP contribution in [0.3, 0.4) is 0 Å². The lowest BCUT2D eigenvalue weighted by Gasteiger charge is -2.25. The number of hydrogen-bond acceptors (Lipinski definition) is 4. The van der Waals surface area contributed by atoms with E-state index in [2.05, 4.69) is 15.6 Å². The van der Waals surface area contributed by atoms with E-state index in [1.165, 1.54) is 11.8 Å². The second kappa shape index (κ2) is 7.08. The van der Waals surface area contributed by atoms with Crippen LogP contribution in [0.4, 0.5) is 0 Å². The summed E-state index contributed by atoms with van der Waals surface area (Å²) in [7, 11) is 1.66. The fraction of sp³-hybridized carbons (Fsp3) is 0.227. The molecule has 0 unspecified atom stereocenters. The number of thioether (sulfide) groups is 1. The molecule has 0 spiro atoms. The summed E-state index contributed by atoms with van der Waals surface area (Å²) >= 11 is 1.37. The highest BCUT2D eigenvalue weighted by Crippen LogP contribution is 2.33. The number of aliphatic imine (C=N–C) groups is 1. The number of fused-ring (bicyclic) bond motifs is 1. The minimum Gasteiger partial charge on any atom is -0.495 e. The van der Waals surface area contributed by atoms with Gasteiger partial charge in [0.1, 0.15) is 11.6 Å². The zero-order valence-electron chi connectivity index (χ0n) is 17.0. The number of amidine groups is 2. The van der Waals surface area contributed by atoms with Crippen molar-refractivity contribution >= 4 is 34.7 Å². The summed E-state index contributed by atoms with van der Waals surface area (Å²) in [6.07, 6.45) is 1.77. The first-order chi connectivity index (χ1) is 13.8. The van der Waals surface area contributed by atoms with Crippen LogP contribution >= 0.6 is 11.8 Å². The van der Waals surface area contributed by atoms with Crippen LogP contribution in [0.15, 0.2) is 45.9 Å². The maximum Gasteiger partial charge on any atom is 0.283 e. The second-order valence-electron chi connectivity index (χ2n) is 7.16. The van der Waals surface area contributed by atoms with E-state index < -0.39 is 0 Å². The normalized spacial score (nSPS) is 17.6. The standard InChI is InChI=1S/C22H22N4O2S/c1-12-6-7-19(28-5)18(8-12)25-13(2)9-16(15(25)4)10-17-20(23)26-14(3)11-29-22(26)24-21(17)27/h6-11,23H,1-5H3/b17-10-,23-20?. The summed E-state index contributed by atoms with van der Waals surface area (Å²) in [6, 6.07) is 8.07. The smallest absolute Gasteiger partial charge is 0.283 e. The summed E-state index contributed by atoms with van der Waals surface area (Å²) < 4.78 is 7.67. The van der Waals surface area contributed by atoms with Crippen molar-refractivity contribution in [1.82, 2.24) is 9.47 Å². The maximum absolute atomic E-state index is 12.6. The van der Waals surface area contributed by atoms with Gasteiger partial charge in [0.15, 0.2) is 5.17 Å². The van der Waals surface area contributed by atoms with Crippen LogP contribution in [0.2, 0.25) is 0 Å². The Balaban J connectivity index is 1.82. The van der Waals surface area contributed by atoms with E-state index >= 15 is 0 Å². The highest BCUT2D eigenvalue weighted by atomic mass is 32.2. The number of benzene rings is 1. The van der Waals surface area contributed by atoms with Crippen molar-refractivity contribution in [3.63, 3.8) is 0 Å². The number of carbonyl (C=O) groups is 1. The molecule has 0 saturated carbocycles. The van der Waals surface area contributed by atoms with Gasteiger partial charge in [-0.3, -0.25) is 15.1 Å². The van der Waals surface area contributed by atoms with Gasteiger partial charge in [0.05, 0.1) is 18.4 Å². The number of amides is 1. The van der Waals surface area contributed by atoms with Gasteiger partial charge in [-0.1, -0.05) is 17.8 Å². The van der Waals surface area contributed by atoms with Crippen LogP contribution in [0.25, 0.3) is 11.8 Å². The minimum atomic E-state index is -0.380. The Morgan fingerprint density at radius 1 is 1.17 bits per heavy atom. The number of nitrogens with zero attached hydrogens (tertiary/aromatic N) is 3. The molecular weight excluding hydrogens is 384 g/mol. The molecule has 29 heavy (non-hydrogen) atoms. The Labute approximate surface area is 174 Å². The molecule has 0 bridgehead atoms. The third-order valence-corrected chi connectivity index (χ3v) is 6.07. The van der Waals surface area contributed by atoms with E-state index in [4.69, 9.17) is 10.1 Å². The first-order valence-corrected chi connectivity index (χ1v) is 10.1. The second-order valence-corrected chi connectivity index (χ2v) is 7.99. The van der Waals surface area contributed by atoms with Crippen LogP contribution in [0.1, 0.15) is 29.4 Å². The molecule has 2 aliphatic heterocycles. The van der Waals surface area contributed by atoms with Crippen LogP contribution in [0.5, 0.6) is 5.75 Å². The van der Waals surface area contributed by atoms with Crippen LogP contribution in [-0.4, -0.2) is 33.5 Å². The first kappa shape index (κ1) is 19.3. The molecule has 0 fully saturated rings. The SMILES string of the molecule is COc1ccc(C)cc1-n1c(C)cc(/C=C2/C(=N)N3C(C)=CSC3=NC2=O)c1C. The van der Waals surface area contributed by atoms with Gasteiger partial charge in [-0.05, 0) is 68.5 Å². The van der Waals surface area contributed by atoms with Gasteiger partial charge in [-0.2, -0.15) is 4.99 Å². The molecule has 0 radical (unpaired) electrons. The zero-order valence-corrected chi connectivity index (χ0v) is 17.8. The summed E-state index contributed by atoms with van der Waals surface area (Å²) in [5.74, 6) is 0.564. The Bertz CT molecular complexity index is 1150. The highest BCUT2D eigenvalue weighted by molar-refractivity contribution is 8.16. The van der Waals surface area contributed by atoms with Gasteiger partial charge in [0, 0.05) is 17.1 Å².